The van der Waals surface area contributed by atoms with Crippen LogP contribution < -0.4 is 5.32 Å². The van der Waals surface area contributed by atoms with E-state index in [2.05, 4.69) is 11.4 Å². The monoisotopic (exact) mass is 203 g/mol. The van der Waals surface area contributed by atoms with Gasteiger partial charge in [-0.1, -0.05) is 24.3 Å². The maximum Gasteiger partial charge on any atom is 0.303 e. The summed E-state index contributed by atoms with van der Waals surface area (Å²) in [5.74, 6) is -0.751. The lowest BCUT2D eigenvalue weighted by molar-refractivity contribution is -0.136. The number of carboxylic acids is 1. The van der Waals surface area contributed by atoms with Gasteiger partial charge in [-0.05, 0) is 23.1 Å². The molecule has 1 aromatic carbocycles. The van der Waals surface area contributed by atoms with E-state index < -0.39 is 5.97 Å². The number of hydrogen-bond donors (Lipinski definition) is 2. The lowest BCUT2D eigenvalue weighted by atomic mass is 9.95. The maximum absolute atomic E-state index is 10.5. The Labute approximate surface area is 88.4 Å². The summed E-state index contributed by atoms with van der Waals surface area (Å²) >= 11 is 0. The van der Waals surface area contributed by atoms with Crippen LogP contribution in [0.4, 0.5) is 0 Å². The molecule has 2 rings (SSSR count). The van der Waals surface area contributed by atoms with Crippen LogP contribution in [-0.2, 0) is 11.3 Å². The van der Waals surface area contributed by atoms with Crippen molar-refractivity contribution in [2.75, 3.05) is 0 Å². The van der Waals surface area contributed by atoms with Crippen molar-refractivity contribution in [2.45, 2.75) is 19.4 Å². The highest BCUT2D eigenvalue weighted by atomic mass is 16.4. The number of benzene rings is 1. The lowest BCUT2D eigenvalue weighted by Crippen LogP contribution is -2.13. The van der Waals surface area contributed by atoms with Gasteiger partial charge in [-0.3, -0.25) is 4.79 Å². The van der Waals surface area contributed by atoms with Crippen molar-refractivity contribution >= 4 is 11.5 Å². The van der Waals surface area contributed by atoms with E-state index in [0.29, 0.717) is 6.42 Å². The molecule has 0 radical (unpaired) electrons. The summed E-state index contributed by atoms with van der Waals surface area (Å²) in [4.78, 5) is 10.5. The summed E-state index contributed by atoms with van der Waals surface area (Å²) in [6.07, 6.45) is 2.69. The summed E-state index contributed by atoms with van der Waals surface area (Å²) < 4.78 is 0. The van der Waals surface area contributed by atoms with E-state index in [0.717, 1.165) is 12.1 Å². The van der Waals surface area contributed by atoms with Gasteiger partial charge in [0.1, 0.15) is 0 Å². The van der Waals surface area contributed by atoms with E-state index in [9.17, 15) is 4.79 Å². The number of carbonyl (C=O) groups is 1. The third-order valence-corrected chi connectivity index (χ3v) is 2.54. The van der Waals surface area contributed by atoms with Gasteiger partial charge >= 0.3 is 5.97 Å². The highest BCUT2D eigenvalue weighted by Gasteiger charge is 2.12. The zero-order chi connectivity index (χ0) is 10.7. The molecule has 0 atom stereocenters. The van der Waals surface area contributed by atoms with Gasteiger partial charge in [-0.25, -0.2) is 0 Å². The smallest absolute Gasteiger partial charge is 0.303 e. The summed E-state index contributed by atoms with van der Waals surface area (Å²) in [6, 6.07) is 8.10. The first kappa shape index (κ1) is 9.77. The Hall–Kier alpha value is -1.77. The van der Waals surface area contributed by atoms with E-state index >= 15 is 0 Å². The molecule has 0 saturated heterocycles. The topological polar surface area (TPSA) is 49.3 Å². The fourth-order valence-corrected chi connectivity index (χ4v) is 1.80. The predicted molar refractivity (Wildman–Crippen MR) is 58.1 cm³/mol. The molecule has 0 unspecified atom stereocenters. The minimum atomic E-state index is -0.751. The van der Waals surface area contributed by atoms with Crippen molar-refractivity contribution in [3.8, 4) is 0 Å². The fraction of sp³-hybridized carbons (Fsp3) is 0.250. The molecule has 1 aromatic rings. The Morgan fingerprint density at radius 3 is 3.00 bits per heavy atom. The molecule has 0 saturated carbocycles. The number of allylic oxidation sites excluding steroid dienone is 1. The van der Waals surface area contributed by atoms with Crippen molar-refractivity contribution in [1.82, 2.24) is 5.32 Å². The van der Waals surface area contributed by atoms with Gasteiger partial charge < -0.3 is 10.4 Å². The van der Waals surface area contributed by atoms with Gasteiger partial charge in [0, 0.05) is 19.2 Å². The van der Waals surface area contributed by atoms with E-state index in [4.69, 9.17) is 5.11 Å². The van der Waals surface area contributed by atoms with Crippen molar-refractivity contribution < 1.29 is 9.90 Å². The molecule has 1 heterocycles. The first-order valence-electron chi connectivity index (χ1n) is 5.00. The molecule has 78 valence electrons. The molecule has 2 N–H and O–H groups in total. The third-order valence-electron chi connectivity index (χ3n) is 2.54. The second-order valence-corrected chi connectivity index (χ2v) is 3.60. The number of nitrogens with one attached hydrogen (secondary N) is 1. The molecule has 0 aromatic heterocycles. The molecular weight excluding hydrogens is 190 g/mol. The van der Waals surface area contributed by atoms with Crippen LogP contribution in [0.5, 0.6) is 0 Å². The summed E-state index contributed by atoms with van der Waals surface area (Å²) in [5.41, 5.74) is 3.50. The highest BCUT2D eigenvalue weighted by Crippen LogP contribution is 2.25. The average molecular weight is 203 g/mol. The lowest BCUT2D eigenvalue weighted by Gasteiger charge is -2.18. The van der Waals surface area contributed by atoms with Crippen LogP contribution in [0.2, 0.25) is 0 Å². The van der Waals surface area contributed by atoms with Crippen LogP contribution in [0.25, 0.3) is 5.57 Å². The first-order valence-corrected chi connectivity index (χ1v) is 5.00. The molecule has 0 amide bonds. The molecule has 15 heavy (non-hydrogen) atoms. The molecule has 0 aliphatic carbocycles. The average Bonchev–Trinajstić information content (AvgIpc) is 2.26. The highest BCUT2D eigenvalue weighted by molar-refractivity contribution is 5.74. The Morgan fingerprint density at radius 1 is 1.40 bits per heavy atom. The van der Waals surface area contributed by atoms with Crippen LogP contribution in [-0.4, -0.2) is 11.1 Å². The van der Waals surface area contributed by atoms with Gasteiger partial charge in [0.05, 0.1) is 0 Å². The van der Waals surface area contributed by atoms with Crippen molar-refractivity contribution in [1.29, 1.82) is 0 Å². The van der Waals surface area contributed by atoms with E-state index in [-0.39, 0.29) is 6.42 Å². The fourth-order valence-electron chi connectivity index (χ4n) is 1.80. The predicted octanol–water partition coefficient (Wildman–Crippen LogP) is 2.00. The van der Waals surface area contributed by atoms with Crippen LogP contribution in [0.3, 0.4) is 0 Å². The van der Waals surface area contributed by atoms with Crippen molar-refractivity contribution in [3.05, 3.63) is 41.6 Å². The van der Waals surface area contributed by atoms with Crippen molar-refractivity contribution in [2.24, 2.45) is 0 Å². The van der Waals surface area contributed by atoms with Crippen LogP contribution in [0.15, 0.2) is 30.5 Å². The Kier molecular flexibility index (Phi) is 2.72. The summed E-state index contributed by atoms with van der Waals surface area (Å²) in [7, 11) is 0. The normalized spacial score (nSPS) is 13.7. The van der Waals surface area contributed by atoms with Gasteiger partial charge in [-0.2, -0.15) is 0 Å². The van der Waals surface area contributed by atoms with Crippen LogP contribution in [0, 0.1) is 0 Å². The third kappa shape index (κ3) is 2.18. The van der Waals surface area contributed by atoms with Crippen LogP contribution >= 0.6 is 0 Å². The Balaban J connectivity index is 2.19. The first-order chi connectivity index (χ1) is 7.27. The van der Waals surface area contributed by atoms with Crippen molar-refractivity contribution in [3.63, 3.8) is 0 Å². The second-order valence-electron chi connectivity index (χ2n) is 3.60. The van der Waals surface area contributed by atoms with Gasteiger partial charge in [-0.15, -0.1) is 0 Å². The number of carboxylic acid groups (broad SMARTS) is 1. The zero-order valence-corrected chi connectivity index (χ0v) is 8.36. The van der Waals surface area contributed by atoms with E-state index in [1.165, 1.54) is 11.1 Å². The van der Waals surface area contributed by atoms with E-state index in [1.54, 1.807) is 0 Å². The molecule has 3 nitrogen and oxygen atoms in total. The largest absolute Gasteiger partial charge is 0.481 e. The maximum atomic E-state index is 10.5. The number of aliphatic carboxylic acids is 1. The molecule has 3 heteroatoms. The minimum absolute atomic E-state index is 0.182. The van der Waals surface area contributed by atoms with Gasteiger partial charge in [0.15, 0.2) is 0 Å². The number of fused-ring (bicyclic) bond motifs is 1. The molecule has 0 spiro atoms. The molecule has 0 bridgehead atoms. The zero-order valence-electron chi connectivity index (χ0n) is 8.36. The molecule has 1 aliphatic rings. The number of hydrogen-bond acceptors (Lipinski definition) is 2. The molecule has 1 aliphatic heterocycles. The van der Waals surface area contributed by atoms with E-state index in [1.807, 2.05) is 24.4 Å². The Morgan fingerprint density at radius 2 is 2.20 bits per heavy atom. The molecule has 0 fully saturated rings. The van der Waals surface area contributed by atoms with Crippen LogP contribution in [0.1, 0.15) is 24.0 Å². The Bertz CT molecular complexity index is 410. The molecular formula is C12H13NO2. The summed E-state index contributed by atoms with van der Waals surface area (Å²) in [6.45, 7) is 0.826. The standard InChI is InChI=1S/C12H13NO2/c14-12(15)6-5-10-8-13-7-9-3-1-2-4-11(9)10/h1-4,8,13H,5-7H2,(H,14,15). The number of rotatable bonds is 3. The van der Waals surface area contributed by atoms with Gasteiger partial charge in [0.2, 0.25) is 0 Å². The SMILES string of the molecule is O=C(O)CCC1=CNCc2ccccc21. The van der Waals surface area contributed by atoms with Gasteiger partial charge in [0.25, 0.3) is 0 Å². The summed E-state index contributed by atoms with van der Waals surface area (Å²) in [5, 5.41) is 11.8. The minimum Gasteiger partial charge on any atom is -0.481 e. The quantitative estimate of drug-likeness (QED) is 0.789. The second kappa shape index (κ2) is 4.17.